The van der Waals surface area contributed by atoms with Crippen LogP contribution < -0.4 is 5.56 Å². The average Bonchev–Trinajstić information content (AvgIpc) is 3.18. The molecule has 1 aromatic heterocycles. The summed E-state index contributed by atoms with van der Waals surface area (Å²) in [6, 6.07) is 9.24. The van der Waals surface area contributed by atoms with Gasteiger partial charge in [0, 0.05) is 24.1 Å². The lowest BCUT2D eigenvalue weighted by molar-refractivity contribution is -0.137. The molecule has 1 saturated heterocycles. The van der Waals surface area contributed by atoms with Crippen molar-refractivity contribution in [1.29, 1.82) is 0 Å². The maximum Gasteiger partial charge on any atom is 0.266 e. The smallest absolute Gasteiger partial charge is 0.266 e. The average molecular weight is 383 g/mol. The van der Waals surface area contributed by atoms with Gasteiger partial charge < -0.3 is 4.90 Å². The molecule has 1 aliphatic carbocycles. The second-order valence-corrected chi connectivity index (χ2v) is 7.91. The molecule has 0 bridgehead atoms. The molecule has 1 aliphatic heterocycles. The minimum atomic E-state index is -0.306. The third kappa shape index (κ3) is 4.01. The van der Waals surface area contributed by atoms with E-state index < -0.39 is 0 Å². The van der Waals surface area contributed by atoms with Crippen LogP contribution in [0.1, 0.15) is 44.9 Å². The lowest BCUT2D eigenvalue weighted by Gasteiger charge is -2.30. The Morgan fingerprint density at radius 2 is 1.75 bits per heavy atom. The highest BCUT2D eigenvalue weighted by Gasteiger charge is 2.34. The first-order valence-corrected chi connectivity index (χ1v) is 10.3. The number of halogens is 1. The van der Waals surface area contributed by atoms with Gasteiger partial charge in [-0.1, -0.05) is 19.3 Å². The lowest BCUT2D eigenvalue weighted by Crippen LogP contribution is -2.43. The Morgan fingerprint density at radius 3 is 2.50 bits per heavy atom. The number of carbonyl (C=O) groups is 1. The Morgan fingerprint density at radius 1 is 1.00 bits per heavy atom. The van der Waals surface area contributed by atoms with Crippen molar-refractivity contribution in [2.45, 2.75) is 57.5 Å². The Labute approximate surface area is 164 Å². The molecule has 1 aromatic carbocycles. The third-order valence-electron chi connectivity index (χ3n) is 6.00. The van der Waals surface area contributed by atoms with E-state index >= 15 is 0 Å². The minimum Gasteiger partial charge on any atom is -0.338 e. The molecule has 2 fully saturated rings. The fraction of sp³-hybridized carbons (Fsp3) is 0.500. The molecule has 0 N–H and O–H groups in total. The van der Waals surface area contributed by atoms with Gasteiger partial charge in [-0.25, -0.2) is 9.07 Å². The van der Waals surface area contributed by atoms with E-state index in [2.05, 4.69) is 5.10 Å². The number of hydrogen-bond acceptors (Lipinski definition) is 3. The molecule has 1 atom stereocenters. The molecule has 5 nitrogen and oxygen atoms in total. The molecule has 1 amide bonds. The molecule has 148 valence electrons. The van der Waals surface area contributed by atoms with Crippen LogP contribution in [-0.4, -0.2) is 33.2 Å². The second kappa shape index (κ2) is 8.25. The maximum absolute atomic E-state index is 13.2. The van der Waals surface area contributed by atoms with E-state index in [9.17, 15) is 14.0 Å². The van der Waals surface area contributed by atoms with Crippen LogP contribution in [0.15, 0.2) is 41.2 Å². The maximum atomic E-state index is 13.2. The SMILES string of the molecule is O=C(C1CCCCC1)N1CCC[C@H]1Cn1nc(-c2ccc(F)cc2)ccc1=O. The molecule has 2 aliphatic rings. The van der Waals surface area contributed by atoms with Crippen LogP contribution in [0.2, 0.25) is 0 Å². The summed E-state index contributed by atoms with van der Waals surface area (Å²) in [5, 5.41) is 4.49. The predicted octanol–water partition coefficient (Wildman–Crippen LogP) is 3.62. The number of rotatable bonds is 4. The Hall–Kier alpha value is -2.50. The van der Waals surface area contributed by atoms with Crippen molar-refractivity contribution in [1.82, 2.24) is 14.7 Å². The molecule has 1 saturated carbocycles. The fourth-order valence-corrected chi connectivity index (χ4v) is 4.45. The van der Waals surface area contributed by atoms with Gasteiger partial charge in [-0.05, 0) is 56.0 Å². The Kier molecular flexibility index (Phi) is 5.55. The minimum absolute atomic E-state index is 0.0168. The highest BCUT2D eigenvalue weighted by atomic mass is 19.1. The van der Waals surface area contributed by atoms with Gasteiger partial charge in [-0.3, -0.25) is 9.59 Å². The molecule has 6 heteroatoms. The highest BCUT2D eigenvalue weighted by molar-refractivity contribution is 5.79. The molecule has 28 heavy (non-hydrogen) atoms. The summed E-state index contributed by atoms with van der Waals surface area (Å²) in [4.78, 5) is 27.3. The summed E-state index contributed by atoms with van der Waals surface area (Å²) in [6.07, 6.45) is 7.33. The Bertz CT molecular complexity index is 887. The van der Waals surface area contributed by atoms with Gasteiger partial charge in [0.25, 0.3) is 5.56 Å². The van der Waals surface area contributed by atoms with Gasteiger partial charge in [0.15, 0.2) is 0 Å². The zero-order chi connectivity index (χ0) is 19.5. The molecule has 4 rings (SSSR count). The van der Waals surface area contributed by atoms with Crippen LogP contribution in [-0.2, 0) is 11.3 Å². The topological polar surface area (TPSA) is 55.2 Å². The van der Waals surface area contributed by atoms with Crippen molar-refractivity contribution in [3.8, 4) is 11.3 Å². The van der Waals surface area contributed by atoms with Crippen molar-refractivity contribution in [3.63, 3.8) is 0 Å². The van der Waals surface area contributed by atoms with Gasteiger partial charge >= 0.3 is 0 Å². The quantitative estimate of drug-likeness (QED) is 0.810. The Balaban J connectivity index is 1.52. The van der Waals surface area contributed by atoms with Gasteiger partial charge in [0.1, 0.15) is 5.82 Å². The van der Waals surface area contributed by atoms with Crippen molar-refractivity contribution < 1.29 is 9.18 Å². The first-order valence-electron chi connectivity index (χ1n) is 10.3. The summed E-state index contributed by atoms with van der Waals surface area (Å²) < 4.78 is 14.6. The van der Waals surface area contributed by atoms with Crippen LogP contribution in [0, 0.1) is 11.7 Å². The van der Waals surface area contributed by atoms with E-state index in [1.165, 1.54) is 29.3 Å². The number of amides is 1. The van der Waals surface area contributed by atoms with Crippen LogP contribution in [0.5, 0.6) is 0 Å². The van der Waals surface area contributed by atoms with Crippen molar-refractivity contribution in [3.05, 3.63) is 52.6 Å². The molecular weight excluding hydrogens is 357 g/mol. The first kappa shape index (κ1) is 18.8. The third-order valence-corrected chi connectivity index (χ3v) is 6.00. The van der Waals surface area contributed by atoms with Crippen molar-refractivity contribution in [2.75, 3.05) is 6.54 Å². The fourth-order valence-electron chi connectivity index (χ4n) is 4.45. The van der Waals surface area contributed by atoms with Gasteiger partial charge in [0.2, 0.25) is 5.91 Å². The normalized spacial score (nSPS) is 20.5. The number of nitrogens with zero attached hydrogens (tertiary/aromatic N) is 3. The second-order valence-electron chi connectivity index (χ2n) is 7.91. The van der Waals surface area contributed by atoms with Gasteiger partial charge in [-0.2, -0.15) is 5.10 Å². The molecule has 0 spiro atoms. The summed E-state index contributed by atoms with van der Waals surface area (Å²) in [5.41, 5.74) is 1.21. The van der Waals surface area contributed by atoms with Crippen LogP contribution in [0.3, 0.4) is 0 Å². The number of hydrogen-bond donors (Lipinski definition) is 0. The number of likely N-dealkylation sites (tertiary alicyclic amines) is 1. The van der Waals surface area contributed by atoms with Crippen LogP contribution in [0.4, 0.5) is 4.39 Å². The van der Waals surface area contributed by atoms with E-state index in [1.54, 1.807) is 18.2 Å². The number of carbonyl (C=O) groups excluding carboxylic acids is 1. The lowest BCUT2D eigenvalue weighted by atomic mass is 9.88. The predicted molar refractivity (Wildman–Crippen MR) is 105 cm³/mol. The van der Waals surface area contributed by atoms with E-state index in [-0.39, 0.29) is 29.2 Å². The number of benzene rings is 1. The molecule has 0 unspecified atom stereocenters. The van der Waals surface area contributed by atoms with Crippen molar-refractivity contribution in [2.24, 2.45) is 5.92 Å². The van der Waals surface area contributed by atoms with Crippen molar-refractivity contribution >= 4 is 5.91 Å². The zero-order valence-corrected chi connectivity index (χ0v) is 16.0. The molecule has 2 heterocycles. The molecule has 2 aromatic rings. The summed E-state index contributed by atoms with van der Waals surface area (Å²) in [6.45, 7) is 1.18. The van der Waals surface area contributed by atoms with Crippen LogP contribution in [0.25, 0.3) is 11.3 Å². The standard InChI is InChI=1S/C22H26FN3O2/c23-18-10-8-16(9-11-18)20-12-13-21(27)26(24-20)15-19-7-4-14-25(19)22(28)17-5-2-1-3-6-17/h8-13,17,19H,1-7,14-15H2/t19-/m0/s1. The van der Waals surface area contributed by atoms with E-state index in [4.69, 9.17) is 0 Å². The zero-order valence-electron chi connectivity index (χ0n) is 16.0. The largest absolute Gasteiger partial charge is 0.338 e. The first-order chi connectivity index (χ1) is 13.6. The summed E-state index contributed by atoms with van der Waals surface area (Å²) >= 11 is 0. The van der Waals surface area contributed by atoms with E-state index in [1.807, 2.05) is 4.90 Å². The summed E-state index contributed by atoms with van der Waals surface area (Å²) in [5.74, 6) is 0.0920. The van der Waals surface area contributed by atoms with E-state index in [0.717, 1.165) is 50.6 Å². The monoisotopic (exact) mass is 383 g/mol. The summed E-state index contributed by atoms with van der Waals surface area (Å²) in [7, 11) is 0. The van der Waals surface area contributed by atoms with E-state index in [0.29, 0.717) is 12.2 Å². The highest BCUT2D eigenvalue weighted by Crippen LogP contribution is 2.29. The van der Waals surface area contributed by atoms with Gasteiger partial charge in [0.05, 0.1) is 18.3 Å². The van der Waals surface area contributed by atoms with Crippen LogP contribution >= 0.6 is 0 Å². The van der Waals surface area contributed by atoms with Gasteiger partial charge in [-0.15, -0.1) is 0 Å². The molecular formula is C22H26FN3O2. The molecule has 0 radical (unpaired) electrons. The number of aromatic nitrogens is 2.